The van der Waals surface area contributed by atoms with Crippen LogP contribution in [0.1, 0.15) is 19.3 Å². The molecule has 0 radical (unpaired) electrons. The standard InChI is InChI=1S/C10H16N2O4/c13-8(14)7-5-10(6-11-7)1-3-12(4-2-10)9(15)16/h7,11H,1-6H2,(H,13,14)(H,15,16)/t7-/m1/s1. The largest absolute Gasteiger partial charge is 0.480 e. The number of nitrogens with one attached hydrogen (secondary N) is 1. The number of likely N-dealkylation sites (tertiary alicyclic amines) is 1. The summed E-state index contributed by atoms with van der Waals surface area (Å²) in [5, 5.41) is 20.7. The number of carboxylic acid groups (broad SMARTS) is 2. The number of hydrogen-bond donors (Lipinski definition) is 3. The first kappa shape index (κ1) is 11.2. The number of piperidine rings is 1. The fourth-order valence-corrected chi connectivity index (χ4v) is 2.64. The van der Waals surface area contributed by atoms with Crippen molar-refractivity contribution in [1.82, 2.24) is 10.2 Å². The number of hydrogen-bond acceptors (Lipinski definition) is 3. The van der Waals surface area contributed by atoms with E-state index in [1.165, 1.54) is 4.90 Å². The lowest BCUT2D eigenvalue weighted by molar-refractivity contribution is -0.139. The summed E-state index contributed by atoms with van der Waals surface area (Å²) < 4.78 is 0. The SMILES string of the molecule is O=C(O)[C@H]1CC2(CCN(C(=O)O)CC2)CN1. The molecular formula is C10H16N2O4. The van der Waals surface area contributed by atoms with E-state index in [0.717, 1.165) is 12.8 Å². The smallest absolute Gasteiger partial charge is 0.407 e. The molecule has 0 aromatic carbocycles. The van der Waals surface area contributed by atoms with Gasteiger partial charge in [-0.25, -0.2) is 4.79 Å². The summed E-state index contributed by atoms with van der Waals surface area (Å²) in [6, 6.07) is -0.462. The van der Waals surface area contributed by atoms with Crippen LogP contribution in [0.5, 0.6) is 0 Å². The minimum absolute atomic E-state index is 0.00495. The molecule has 0 unspecified atom stereocenters. The molecule has 0 aliphatic carbocycles. The molecule has 1 atom stereocenters. The molecule has 16 heavy (non-hydrogen) atoms. The predicted octanol–water partition coefficient (Wildman–Crippen LogP) is 0.193. The Morgan fingerprint density at radius 2 is 1.88 bits per heavy atom. The molecule has 6 nitrogen and oxygen atoms in total. The third-order valence-corrected chi connectivity index (χ3v) is 3.75. The molecule has 2 aliphatic heterocycles. The molecule has 1 amide bonds. The molecule has 6 heteroatoms. The maximum absolute atomic E-state index is 10.8. The van der Waals surface area contributed by atoms with Crippen molar-refractivity contribution in [2.24, 2.45) is 5.41 Å². The Labute approximate surface area is 93.2 Å². The van der Waals surface area contributed by atoms with Crippen LogP contribution >= 0.6 is 0 Å². The fourth-order valence-electron chi connectivity index (χ4n) is 2.64. The third-order valence-electron chi connectivity index (χ3n) is 3.75. The van der Waals surface area contributed by atoms with E-state index in [1.807, 2.05) is 0 Å². The van der Waals surface area contributed by atoms with Crippen LogP contribution in [0, 0.1) is 5.41 Å². The minimum atomic E-state index is -0.879. The Morgan fingerprint density at radius 3 is 2.31 bits per heavy atom. The summed E-state index contributed by atoms with van der Waals surface area (Å²) in [4.78, 5) is 23.0. The lowest BCUT2D eigenvalue weighted by Crippen LogP contribution is -2.43. The molecule has 1 spiro atoms. The zero-order valence-electron chi connectivity index (χ0n) is 8.98. The fraction of sp³-hybridized carbons (Fsp3) is 0.800. The van der Waals surface area contributed by atoms with Crippen molar-refractivity contribution in [3.63, 3.8) is 0 Å². The van der Waals surface area contributed by atoms with Gasteiger partial charge in [0.25, 0.3) is 0 Å². The van der Waals surface area contributed by atoms with Crippen molar-refractivity contribution in [2.45, 2.75) is 25.3 Å². The van der Waals surface area contributed by atoms with Crippen LogP contribution in [0.2, 0.25) is 0 Å². The summed E-state index contributed by atoms with van der Waals surface area (Å²) in [6.45, 7) is 1.73. The van der Waals surface area contributed by atoms with Crippen molar-refractivity contribution in [3.8, 4) is 0 Å². The molecule has 0 aromatic rings. The maximum atomic E-state index is 10.8. The molecule has 3 N–H and O–H groups in total. The number of aliphatic carboxylic acids is 1. The summed E-state index contributed by atoms with van der Waals surface area (Å²) in [5.74, 6) is -0.808. The molecular weight excluding hydrogens is 212 g/mol. The van der Waals surface area contributed by atoms with E-state index in [-0.39, 0.29) is 5.41 Å². The van der Waals surface area contributed by atoms with Crippen LogP contribution < -0.4 is 5.32 Å². The van der Waals surface area contributed by atoms with E-state index < -0.39 is 18.1 Å². The number of rotatable bonds is 1. The van der Waals surface area contributed by atoms with Crippen LogP contribution in [-0.2, 0) is 4.79 Å². The van der Waals surface area contributed by atoms with Gasteiger partial charge in [0.2, 0.25) is 0 Å². The number of amides is 1. The molecule has 90 valence electrons. The number of carbonyl (C=O) groups is 2. The van der Waals surface area contributed by atoms with E-state index in [4.69, 9.17) is 10.2 Å². The van der Waals surface area contributed by atoms with Gasteiger partial charge >= 0.3 is 12.1 Å². The third kappa shape index (κ3) is 1.97. The molecule has 0 aromatic heterocycles. The quantitative estimate of drug-likeness (QED) is 0.596. The van der Waals surface area contributed by atoms with Crippen LogP contribution in [-0.4, -0.2) is 52.9 Å². The zero-order valence-corrected chi connectivity index (χ0v) is 8.98. The van der Waals surface area contributed by atoms with E-state index in [9.17, 15) is 9.59 Å². The maximum Gasteiger partial charge on any atom is 0.407 e. The van der Waals surface area contributed by atoms with Crippen molar-refractivity contribution >= 4 is 12.1 Å². The lowest BCUT2D eigenvalue weighted by Gasteiger charge is -2.37. The monoisotopic (exact) mass is 228 g/mol. The van der Waals surface area contributed by atoms with Gasteiger partial charge in [-0.2, -0.15) is 0 Å². The summed E-state index contributed by atoms with van der Waals surface area (Å²) in [6.07, 6.45) is 1.26. The predicted molar refractivity (Wildman–Crippen MR) is 55.3 cm³/mol. The van der Waals surface area contributed by atoms with E-state index in [2.05, 4.69) is 5.32 Å². The number of nitrogens with zero attached hydrogens (tertiary/aromatic N) is 1. The molecule has 2 fully saturated rings. The molecule has 2 rings (SSSR count). The summed E-state index contributed by atoms with van der Waals surface area (Å²) >= 11 is 0. The second-order valence-corrected chi connectivity index (χ2v) is 4.75. The Morgan fingerprint density at radius 1 is 1.25 bits per heavy atom. The normalized spacial score (nSPS) is 28.2. The molecule has 2 saturated heterocycles. The highest BCUT2D eigenvalue weighted by Crippen LogP contribution is 2.39. The molecule has 2 aliphatic rings. The molecule has 0 saturated carbocycles. The van der Waals surface area contributed by atoms with Gasteiger partial charge in [-0.05, 0) is 24.7 Å². The van der Waals surface area contributed by atoms with Gasteiger partial charge in [-0.1, -0.05) is 0 Å². The van der Waals surface area contributed by atoms with E-state index in [0.29, 0.717) is 26.1 Å². The van der Waals surface area contributed by atoms with Gasteiger partial charge in [-0.3, -0.25) is 4.79 Å². The second-order valence-electron chi connectivity index (χ2n) is 4.75. The Balaban J connectivity index is 1.93. The Bertz CT molecular complexity index is 310. The topological polar surface area (TPSA) is 89.9 Å². The van der Waals surface area contributed by atoms with Gasteiger partial charge in [-0.15, -0.1) is 0 Å². The second kappa shape index (κ2) is 3.93. The lowest BCUT2D eigenvalue weighted by atomic mass is 9.76. The minimum Gasteiger partial charge on any atom is -0.480 e. The van der Waals surface area contributed by atoms with Crippen LogP contribution in [0.25, 0.3) is 0 Å². The van der Waals surface area contributed by atoms with Crippen molar-refractivity contribution in [1.29, 1.82) is 0 Å². The molecule has 0 bridgehead atoms. The summed E-state index contributed by atoms with van der Waals surface area (Å²) in [5.41, 5.74) is -0.00495. The summed E-state index contributed by atoms with van der Waals surface area (Å²) in [7, 11) is 0. The molecule has 2 heterocycles. The van der Waals surface area contributed by atoms with E-state index >= 15 is 0 Å². The highest BCUT2D eigenvalue weighted by molar-refractivity contribution is 5.74. The van der Waals surface area contributed by atoms with Crippen LogP contribution in [0.15, 0.2) is 0 Å². The first-order chi connectivity index (χ1) is 7.52. The van der Waals surface area contributed by atoms with Gasteiger partial charge in [0, 0.05) is 19.6 Å². The highest BCUT2D eigenvalue weighted by Gasteiger charge is 2.44. The zero-order chi connectivity index (χ0) is 11.8. The van der Waals surface area contributed by atoms with Crippen molar-refractivity contribution in [3.05, 3.63) is 0 Å². The van der Waals surface area contributed by atoms with E-state index in [1.54, 1.807) is 0 Å². The Kier molecular flexibility index (Phi) is 2.75. The van der Waals surface area contributed by atoms with Gasteiger partial charge in [0.1, 0.15) is 6.04 Å². The van der Waals surface area contributed by atoms with Crippen LogP contribution in [0.4, 0.5) is 4.79 Å². The van der Waals surface area contributed by atoms with Crippen molar-refractivity contribution < 1.29 is 19.8 Å². The average Bonchev–Trinajstić information content (AvgIpc) is 2.63. The van der Waals surface area contributed by atoms with Gasteiger partial charge in [0.05, 0.1) is 0 Å². The van der Waals surface area contributed by atoms with Crippen molar-refractivity contribution in [2.75, 3.05) is 19.6 Å². The van der Waals surface area contributed by atoms with Gasteiger partial charge in [0.15, 0.2) is 0 Å². The Hall–Kier alpha value is -1.30. The first-order valence-corrected chi connectivity index (χ1v) is 5.46. The van der Waals surface area contributed by atoms with Crippen LogP contribution in [0.3, 0.4) is 0 Å². The first-order valence-electron chi connectivity index (χ1n) is 5.46. The average molecular weight is 228 g/mol. The number of carboxylic acids is 1. The highest BCUT2D eigenvalue weighted by atomic mass is 16.4. The van der Waals surface area contributed by atoms with Gasteiger partial charge < -0.3 is 20.4 Å².